The van der Waals surface area contributed by atoms with Gasteiger partial charge in [0.25, 0.3) is 0 Å². The number of rotatable bonds is 4. The summed E-state index contributed by atoms with van der Waals surface area (Å²) in [6, 6.07) is 17.3. The maximum atomic E-state index is 13.7. The normalized spacial score (nSPS) is 15.6. The maximum absolute atomic E-state index is 13.7. The molecule has 2 aliphatic rings. The molecule has 0 saturated carbocycles. The number of ketones is 1. The van der Waals surface area contributed by atoms with Crippen LogP contribution in [0.15, 0.2) is 59.1 Å². The molecule has 0 atom stereocenters. The molecule has 7 heteroatoms. The molecule has 3 aromatic carbocycles. The van der Waals surface area contributed by atoms with Crippen LogP contribution in [-0.2, 0) is 0 Å². The average molecular weight is 441 g/mol. The van der Waals surface area contributed by atoms with E-state index < -0.39 is 0 Å². The van der Waals surface area contributed by atoms with E-state index in [2.05, 4.69) is 27.3 Å². The van der Waals surface area contributed by atoms with Crippen LogP contribution in [0, 0.1) is 0 Å². The van der Waals surface area contributed by atoms with Gasteiger partial charge in [0.2, 0.25) is 0 Å². The number of piperazine rings is 1. The summed E-state index contributed by atoms with van der Waals surface area (Å²) in [7, 11) is 3.78. The summed E-state index contributed by atoms with van der Waals surface area (Å²) in [5, 5.41) is 8.72. The SMILES string of the molecule is COc1cccc(Nc2cc(N3CCN(C)CC3)c3noc4c3c2C(=O)c2ccccc2-4)c1. The molecule has 0 bridgehead atoms. The lowest BCUT2D eigenvalue weighted by Crippen LogP contribution is -2.44. The van der Waals surface area contributed by atoms with Gasteiger partial charge in [-0.05, 0) is 25.2 Å². The Kier molecular flexibility index (Phi) is 4.58. The summed E-state index contributed by atoms with van der Waals surface area (Å²) >= 11 is 0. The predicted molar refractivity (Wildman–Crippen MR) is 129 cm³/mol. The third kappa shape index (κ3) is 3.15. The smallest absolute Gasteiger partial charge is 0.196 e. The highest BCUT2D eigenvalue weighted by Crippen LogP contribution is 2.46. The molecule has 1 saturated heterocycles. The van der Waals surface area contributed by atoms with Crippen molar-refractivity contribution in [2.24, 2.45) is 0 Å². The molecule has 0 amide bonds. The third-order valence-corrected chi connectivity index (χ3v) is 6.57. The summed E-state index contributed by atoms with van der Waals surface area (Å²) < 4.78 is 11.3. The topological polar surface area (TPSA) is 70.8 Å². The summed E-state index contributed by atoms with van der Waals surface area (Å²) in [5.74, 6) is 1.37. The minimum atomic E-state index is -0.0263. The molecule has 4 aromatic rings. The highest BCUT2D eigenvalue weighted by atomic mass is 16.5. The molecule has 1 aliphatic carbocycles. The molecule has 0 radical (unpaired) electrons. The van der Waals surface area contributed by atoms with E-state index in [4.69, 9.17) is 9.26 Å². The van der Waals surface area contributed by atoms with Crippen LogP contribution in [0.3, 0.4) is 0 Å². The number of hydrogen-bond acceptors (Lipinski definition) is 7. The second kappa shape index (κ2) is 7.64. The van der Waals surface area contributed by atoms with Gasteiger partial charge >= 0.3 is 0 Å². The van der Waals surface area contributed by atoms with Gasteiger partial charge in [-0.25, -0.2) is 0 Å². The van der Waals surface area contributed by atoms with Crippen LogP contribution < -0.4 is 15.0 Å². The van der Waals surface area contributed by atoms with E-state index >= 15 is 0 Å². The van der Waals surface area contributed by atoms with E-state index in [9.17, 15) is 4.79 Å². The molecule has 1 aliphatic heterocycles. The number of fused-ring (bicyclic) bond motifs is 2. The molecule has 0 unspecified atom stereocenters. The summed E-state index contributed by atoms with van der Waals surface area (Å²) in [6.07, 6.45) is 0. The highest BCUT2D eigenvalue weighted by Gasteiger charge is 2.34. The Labute approximate surface area is 191 Å². The van der Waals surface area contributed by atoms with Crippen LogP contribution in [0.25, 0.3) is 22.2 Å². The molecule has 6 rings (SSSR count). The van der Waals surface area contributed by atoms with Gasteiger partial charge in [-0.3, -0.25) is 4.79 Å². The number of ether oxygens (including phenoxy) is 1. The van der Waals surface area contributed by atoms with E-state index in [-0.39, 0.29) is 5.78 Å². The van der Waals surface area contributed by atoms with Crippen molar-refractivity contribution in [3.05, 3.63) is 65.7 Å². The first kappa shape index (κ1) is 19.8. The van der Waals surface area contributed by atoms with Gasteiger partial charge in [0.1, 0.15) is 11.3 Å². The Morgan fingerprint density at radius 1 is 1.00 bits per heavy atom. The van der Waals surface area contributed by atoms with Crippen molar-refractivity contribution >= 4 is 33.7 Å². The van der Waals surface area contributed by atoms with Crippen molar-refractivity contribution in [2.45, 2.75) is 0 Å². The van der Waals surface area contributed by atoms with E-state index in [1.165, 1.54) is 0 Å². The number of anilines is 3. The lowest BCUT2D eigenvalue weighted by molar-refractivity contribution is 0.104. The van der Waals surface area contributed by atoms with E-state index in [0.717, 1.165) is 65.5 Å². The van der Waals surface area contributed by atoms with Crippen molar-refractivity contribution in [3.63, 3.8) is 0 Å². The van der Waals surface area contributed by atoms with Gasteiger partial charge in [-0.2, -0.15) is 0 Å². The zero-order chi connectivity index (χ0) is 22.5. The van der Waals surface area contributed by atoms with E-state index in [1.807, 2.05) is 54.6 Å². The van der Waals surface area contributed by atoms with Crippen molar-refractivity contribution in [1.82, 2.24) is 10.1 Å². The number of aromatic nitrogens is 1. The molecule has 7 nitrogen and oxygen atoms in total. The van der Waals surface area contributed by atoms with Crippen LogP contribution in [0.5, 0.6) is 5.75 Å². The molecule has 0 spiro atoms. The van der Waals surface area contributed by atoms with Crippen molar-refractivity contribution in [1.29, 1.82) is 0 Å². The number of nitrogens with one attached hydrogen (secondary N) is 1. The zero-order valence-electron chi connectivity index (χ0n) is 18.6. The number of methoxy groups -OCH3 is 1. The van der Waals surface area contributed by atoms with Crippen LogP contribution in [0.1, 0.15) is 15.9 Å². The van der Waals surface area contributed by atoms with Crippen molar-refractivity contribution in [2.75, 3.05) is 50.6 Å². The lowest BCUT2D eigenvalue weighted by Gasteiger charge is -2.34. The number of carbonyl (C=O) groups is 1. The second-order valence-electron chi connectivity index (χ2n) is 8.58. The van der Waals surface area contributed by atoms with E-state index in [0.29, 0.717) is 16.9 Å². The Morgan fingerprint density at radius 3 is 2.58 bits per heavy atom. The fraction of sp³-hybridized carbons (Fsp3) is 0.231. The first-order chi connectivity index (χ1) is 16.1. The van der Waals surface area contributed by atoms with Crippen LogP contribution >= 0.6 is 0 Å². The third-order valence-electron chi connectivity index (χ3n) is 6.57. The summed E-state index contributed by atoms with van der Waals surface area (Å²) in [6.45, 7) is 3.70. The standard InChI is InChI=1S/C26H24N4O3/c1-29-10-12-30(13-11-29)21-15-20(27-16-6-5-7-17(14-16)32-2)22-23-24(21)28-33-26(23)19-9-4-3-8-18(19)25(22)31/h3-9,14-15,27H,10-13H2,1-2H3. The zero-order valence-corrected chi connectivity index (χ0v) is 18.6. The van der Waals surface area contributed by atoms with Gasteiger partial charge in [0.05, 0.1) is 29.4 Å². The van der Waals surface area contributed by atoms with Gasteiger partial charge in [-0.15, -0.1) is 0 Å². The molecule has 166 valence electrons. The van der Waals surface area contributed by atoms with Crippen LogP contribution in [0.4, 0.5) is 17.1 Å². The fourth-order valence-electron chi connectivity index (χ4n) is 4.79. The quantitative estimate of drug-likeness (QED) is 0.440. The van der Waals surface area contributed by atoms with Crippen molar-refractivity contribution < 1.29 is 14.1 Å². The molecule has 33 heavy (non-hydrogen) atoms. The average Bonchev–Trinajstić information content (AvgIpc) is 3.29. The number of carbonyl (C=O) groups excluding carboxylic acids is 1. The monoisotopic (exact) mass is 440 g/mol. The first-order valence-electron chi connectivity index (χ1n) is 11.1. The van der Waals surface area contributed by atoms with E-state index in [1.54, 1.807) is 7.11 Å². The largest absolute Gasteiger partial charge is 0.497 e. The Balaban J connectivity index is 1.58. The number of benzene rings is 3. The fourth-order valence-corrected chi connectivity index (χ4v) is 4.79. The number of likely N-dealkylation sites (N-methyl/N-ethyl adjacent to an activating group) is 1. The van der Waals surface area contributed by atoms with Crippen LogP contribution in [-0.4, -0.2) is 56.2 Å². The van der Waals surface area contributed by atoms with Crippen molar-refractivity contribution in [3.8, 4) is 17.1 Å². The first-order valence-corrected chi connectivity index (χ1v) is 11.1. The molecular formula is C26H24N4O3. The van der Waals surface area contributed by atoms with Gasteiger partial charge in [-0.1, -0.05) is 35.5 Å². The highest BCUT2D eigenvalue weighted by molar-refractivity contribution is 6.28. The molecule has 1 fully saturated rings. The summed E-state index contributed by atoms with van der Waals surface area (Å²) in [4.78, 5) is 18.3. The Hall–Kier alpha value is -3.84. The second-order valence-corrected chi connectivity index (χ2v) is 8.58. The summed E-state index contributed by atoms with van der Waals surface area (Å²) in [5.41, 5.74) is 5.33. The number of hydrogen-bond donors (Lipinski definition) is 1. The molecule has 2 heterocycles. The van der Waals surface area contributed by atoms with Crippen LogP contribution in [0.2, 0.25) is 0 Å². The molecular weight excluding hydrogens is 416 g/mol. The maximum Gasteiger partial charge on any atom is 0.196 e. The van der Waals surface area contributed by atoms with Gasteiger partial charge < -0.3 is 24.4 Å². The minimum absolute atomic E-state index is 0.0263. The van der Waals surface area contributed by atoms with Gasteiger partial charge in [0.15, 0.2) is 11.5 Å². The Bertz CT molecular complexity index is 1390. The predicted octanol–water partition coefficient (Wildman–Crippen LogP) is 4.54. The lowest BCUT2D eigenvalue weighted by atomic mass is 9.86. The molecule has 1 N–H and O–H groups in total. The number of nitrogens with zero attached hydrogens (tertiary/aromatic N) is 3. The van der Waals surface area contributed by atoms with Gasteiger partial charge in [0, 0.05) is 49.1 Å². The molecule has 1 aromatic heterocycles. The Morgan fingerprint density at radius 2 is 1.79 bits per heavy atom. The minimum Gasteiger partial charge on any atom is -0.497 e.